The van der Waals surface area contributed by atoms with Crippen LogP contribution in [0.4, 0.5) is 0 Å². The number of rotatable bonds is 6. The molecule has 1 atom stereocenters. The van der Waals surface area contributed by atoms with E-state index >= 15 is 0 Å². The molecule has 1 N–H and O–H groups in total. The third-order valence-electron chi connectivity index (χ3n) is 3.28. The van der Waals surface area contributed by atoms with Crippen LogP contribution in [-0.2, 0) is 20.4 Å². The number of carbonyl (C=O) groups is 1. The molecule has 0 radical (unpaired) electrons. The highest BCUT2D eigenvalue weighted by Crippen LogP contribution is 2.12. The van der Waals surface area contributed by atoms with E-state index in [9.17, 15) is 18.3 Å². The van der Waals surface area contributed by atoms with Crippen LogP contribution in [0.1, 0.15) is 18.4 Å². The quantitative estimate of drug-likeness (QED) is 0.833. The molecule has 0 saturated carbocycles. The third kappa shape index (κ3) is 4.31. The fourth-order valence-corrected chi connectivity index (χ4v) is 3.89. The lowest BCUT2D eigenvalue weighted by Gasteiger charge is -2.19. The van der Waals surface area contributed by atoms with Gasteiger partial charge < -0.3 is 10.0 Å². The van der Waals surface area contributed by atoms with Crippen LogP contribution in [0.3, 0.4) is 0 Å². The van der Waals surface area contributed by atoms with Crippen LogP contribution in [0, 0.1) is 0 Å². The number of aliphatic hydroxyl groups excluding tert-OH is 1. The Hall–Kier alpha value is -1.40. The maximum atomic E-state index is 12.0. The first-order valence-corrected chi connectivity index (χ1v) is 8.48. The normalized spacial score (nSPS) is 17.4. The Labute approximate surface area is 119 Å². The molecule has 110 valence electrons. The molecule has 1 aliphatic rings. The van der Waals surface area contributed by atoms with Crippen LogP contribution < -0.4 is 0 Å². The van der Waals surface area contributed by atoms with E-state index in [0.717, 1.165) is 6.42 Å². The Morgan fingerprint density at radius 1 is 1.25 bits per heavy atom. The first-order valence-electron chi connectivity index (χ1n) is 6.66. The van der Waals surface area contributed by atoms with Crippen molar-refractivity contribution in [3.63, 3.8) is 0 Å². The summed E-state index contributed by atoms with van der Waals surface area (Å²) in [5, 5.41) is 9.87. The molecule has 0 bridgehead atoms. The fourth-order valence-electron chi connectivity index (χ4n) is 2.38. The topological polar surface area (TPSA) is 74.7 Å². The van der Waals surface area contributed by atoms with Gasteiger partial charge in [0.05, 0.1) is 17.6 Å². The number of nitrogens with zero attached hydrogens (tertiary/aromatic N) is 1. The van der Waals surface area contributed by atoms with Gasteiger partial charge in [-0.15, -0.1) is 0 Å². The van der Waals surface area contributed by atoms with Gasteiger partial charge in [-0.2, -0.15) is 0 Å². The highest BCUT2D eigenvalue weighted by atomic mass is 32.2. The average molecular weight is 297 g/mol. The summed E-state index contributed by atoms with van der Waals surface area (Å²) in [6.45, 7) is 0.710. The molecule has 1 heterocycles. The van der Waals surface area contributed by atoms with E-state index in [2.05, 4.69) is 0 Å². The van der Waals surface area contributed by atoms with Crippen LogP contribution in [0.15, 0.2) is 30.3 Å². The van der Waals surface area contributed by atoms with Crippen LogP contribution in [-0.4, -0.2) is 49.3 Å². The Bertz CT molecular complexity index is 556. The standard InChI is InChI=1S/C14H19NO4S/c16-13(9-15-8-4-7-14(15)17)11-20(18,19)10-12-5-2-1-3-6-12/h1-3,5-6,13,16H,4,7-11H2/t13-/m0/s1. The highest BCUT2D eigenvalue weighted by Gasteiger charge is 2.25. The van der Waals surface area contributed by atoms with Crippen LogP contribution in [0.5, 0.6) is 0 Å². The fraction of sp³-hybridized carbons (Fsp3) is 0.500. The number of carbonyl (C=O) groups excluding carboxylic acids is 1. The molecule has 0 aromatic heterocycles. The molecule has 20 heavy (non-hydrogen) atoms. The molecule has 0 aliphatic carbocycles. The minimum absolute atomic E-state index is 0.00972. The largest absolute Gasteiger partial charge is 0.390 e. The van der Waals surface area contributed by atoms with Gasteiger partial charge in [-0.3, -0.25) is 4.79 Å². The summed E-state index contributed by atoms with van der Waals surface area (Å²) >= 11 is 0. The minimum atomic E-state index is -3.38. The molecule has 1 aliphatic heterocycles. The maximum Gasteiger partial charge on any atom is 0.222 e. The van der Waals surface area contributed by atoms with Gasteiger partial charge in [-0.25, -0.2) is 8.42 Å². The molecule has 1 aromatic carbocycles. The van der Waals surface area contributed by atoms with Gasteiger partial charge in [-0.1, -0.05) is 30.3 Å². The highest BCUT2D eigenvalue weighted by molar-refractivity contribution is 7.90. The van der Waals surface area contributed by atoms with E-state index in [4.69, 9.17) is 0 Å². The Morgan fingerprint density at radius 2 is 1.95 bits per heavy atom. The molecule has 6 heteroatoms. The Kier molecular flexibility index (Phi) is 4.77. The van der Waals surface area contributed by atoms with Gasteiger partial charge in [0.1, 0.15) is 0 Å². The van der Waals surface area contributed by atoms with Crippen LogP contribution in [0.25, 0.3) is 0 Å². The maximum absolute atomic E-state index is 12.0. The van der Waals surface area contributed by atoms with Gasteiger partial charge in [0.15, 0.2) is 9.84 Å². The second kappa shape index (κ2) is 6.37. The van der Waals surface area contributed by atoms with E-state index in [0.29, 0.717) is 18.5 Å². The summed E-state index contributed by atoms with van der Waals surface area (Å²) in [5.74, 6) is -0.408. The molecule has 1 amide bonds. The predicted octanol–water partition coefficient (Wildman–Crippen LogP) is 0.585. The smallest absolute Gasteiger partial charge is 0.222 e. The summed E-state index contributed by atoms with van der Waals surface area (Å²) in [6.07, 6.45) is 0.247. The van der Waals surface area contributed by atoms with E-state index in [1.54, 1.807) is 24.3 Å². The Morgan fingerprint density at radius 3 is 2.55 bits per heavy atom. The van der Waals surface area contributed by atoms with Crippen LogP contribution >= 0.6 is 0 Å². The molecule has 1 saturated heterocycles. The average Bonchev–Trinajstić information content (AvgIpc) is 2.74. The number of hydrogen-bond acceptors (Lipinski definition) is 4. The molecule has 1 aromatic rings. The Balaban J connectivity index is 1.89. The van der Waals surface area contributed by atoms with Gasteiger partial charge in [-0.05, 0) is 12.0 Å². The zero-order valence-corrected chi connectivity index (χ0v) is 12.1. The summed E-state index contributed by atoms with van der Waals surface area (Å²) in [4.78, 5) is 13.0. The molecular formula is C14H19NO4S. The van der Waals surface area contributed by atoms with E-state index in [1.165, 1.54) is 4.90 Å². The van der Waals surface area contributed by atoms with E-state index < -0.39 is 15.9 Å². The SMILES string of the molecule is O=C1CCCN1C[C@H](O)CS(=O)(=O)Cc1ccccc1. The zero-order chi connectivity index (χ0) is 14.6. The first-order chi connectivity index (χ1) is 9.46. The van der Waals surface area contributed by atoms with E-state index in [-0.39, 0.29) is 24.0 Å². The van der Waals surface area contributed by atoms with Crippen molar-refractivity contribution >= 4 is 15.7 Å². The number of β-amino-alcohol motifs (C(OH)–C–C–N with tert-alkyl or cyclic N) is 1. The van der Waals surface area contributed by atoms with Crippen molar-refractivity contribution < 1.29 is 18.3 Å². The van der Waals surface area contributed by atoms with Crippen molar-refractivity contribution in [1.82, 2.24) is 4.90 Å². The van der Waals surface area contributed by atoms with Crippen molar-refractivity contribution in [3.05, 3.63) is 35.9 Å². The van der Waals surface area contributed by atoms with Crippen molar-refractivity contribution in [3.8, 4) is 0 Å². The van der Waals surface area contributed by atoms with Gasteiger partial charge >= 0.3 is 0 Å². The number of amides is 1. The summed E-state index contributed by atoms with van der Waals surface area (Å²) in [5.41, 5.74) is 0.706. The predicted molar refractivity (Wildman–Crippen MR) is 75.8 cm³/mol. The number of likely N-dealkylation sites (tertiary alicyclic amines) is 1. The molecule has 2 rings (SSSR count). The summed E-state index contributed by atoms with van der Waals surface area (Å²) in [6, 6.07) is 8.88. The first kappa shape index (κ1) is 15.0. The summed E-state index contributed by atoms with van der Waals surface area (Å²) in [7, 11) is -3.38. The third-order valence-corrected chi connectivity index (χ3v) is 4.94. The lowest BCUT2D eigenvalue weighted by atomic mass is 10.2. The second-order valence-corrected chi connectivity index (χ2v) is 7.25. The molecule has 0 unspecified atom stereocenters. The number of sulfone groups is 1. The molecule has 0 spiro atoms. The molecular weight excluding hydrogens is 278 g/mol. The molecule has 1 fully saturated rings. The number of benzene rings is 1. The van der Waals surface area contributed by atoms with Gasteiger partial charge in [0.2, 0.25) is 5.91 Å². The lowest BCUT2D eigenvalue weighted by molar-refractivity contribution is -0.128. The van der Waals surface area contributed by atoms with Crippen molar-refractivity contribution in [2.75, 3.05) is 18.8 Å². The number of hydrogen-bond donors (Lipinski definition) is 1. The zero-order valence-electron chi connectivity index (χ0n) is 11.2. The van der Waals surface area contributed by atoms with Crippen molar-refractivity contribution in [1.29, 1.82) is 0 Å². The van der Waals surface area contributed by atoms with E-state index in [1.807, 2.05) is 6.07 Å². The van der Waals surface area contributed by atoms with Crippen molar-refractivity contribution in [2.45, 2.75) is 24.7 Å². The molecule has 5 nitrogen and oxygen atoms in total. The number of aliphatic hydroxyl groups is 1. The monoisotopic (exact) mass is 297 g/mol. The van der Waals surface area contributed by atoms with Gasteiger partial charge in [0, 0.05) is 19.5 Å². The van der Waals surface area contributed by atoms with Crippen LogP contribution in [0.2, 0.25) is 0 Å². The summed E-state index contributed by atoms with van der Waals surface area (Å²) < 4.78 is 24.0. The minimum Gasteiger partial charge on any atom is -0.390 e. The second-order valence-electron chi connectivity index (χ2n) is 5.14. The lowest BCUT2D eigenvalue weighted by Crippen LogP contribution is -2.37. The van der Waals surface area contributed by atoms with Gasteiger partial charge in [0.25, 0.3) is 0 Å². The van der Waals surface area contributed by atoms with Crippen molar-refractivity contribution in [2.24, 2.45) is 0 Å².